The Morgan fingerprint density at radius 2 is 2.00 bits per heavy atom. The van der Waals surface area contributed by atoms with Gasteiger partial charge in [-0.1, -0.05) is 29.3 Å². The van der Waals surface area contributed by atoms with Gasteiger partial charge in [0.15, 0.2) is 5.78 Å². The molecule has 1 aliphatic rings. The maximum absolute atomic E-state index is 12.5. The molecule has 0 spiro atoms. The van der Waals surface area contributed by atoms with E-state index in [1.54, 1.807) is 0 Å². The van der Waals surface area contributed by atoms with Crippen molar-refractivity contribution in [3.05, 3.63) is 31.8 Å². The first-order valence-electron chi connectivity index (χ1n) is 6.61. The van der Waals surface area contributed by atoms with Crippen LogP contribution in [0.1, 0.15) is 49.4 Å². The van der Waals surface area contributed by atoms with Gasteiger partial charge in [-0.2, -0.15) is 0 Å². The van der Waals surface area contributed by atoms with Crippen molar-refractivity contribution in [3.8, 4) is 0 Å². The van der Waals surface area contributed by atoms with Gasteiger partial charge in [0.25, 0.3) is 0 Å². The number of rotatable bonds is 3. The first-order valence-corrected chi connectivity index (χ1v) is 8.48. The van der Waals surface area contributed by atoms with E-state index in [0.29, 0.717) is 5.78 Å². The molecule has 1 saturated carbocycles. The van der Waals surface area contributed by atoms with Crippen molar-refractivity contribution >= 4 is 44.3 Å². The lowest BCUT2D eigenvalue weighted by molar-refractivity contribution is 0.0870. The molecule has 3 heteroatoms. The Morgan fingerprint density at radius 1 is 1.33 bits per heavy atom. The van der Waals surface area contributed by atoms with Gasteiger partial charge in [-0.3, -0.25) is 4.79 Å². The molecule has 1 nitrogen and oxygen atoms in total. The normalized spacial score (nSPS) is 23.9. The van der Waals surface area contributed by atoms with Gasteiger partial charge in [0.05, 0.1) is 0 Å². The highest BCUT2D eigenvalue weighted by atomic mass is 127. The molecule has 1 fully saturated rings. The van der Waals surface area contributed by atoms with Crippen LogP contribution < -0.4 is 0 Å². The van der Waals surface area contributed by atoms with Crippen LogP contribution in [0.4, 0.5) is 0 Å². The van der Waals surface area contributed by atoms with Gasteiger partial charge in [-0.05, 0) is 72.4 Å². The Morgan fingerprint density at radius 3 is 2.61 bits per heavy atom. The fourth-order valence-corrected chi connectivity index (χ4v) is 3.67. The van der Waals surface area contributed by atoms with E-state index in [9.17, 15) is 4.79 Å². The van der Waals surface area contributed by atoms with Crippen molar-refractivity contribution in [2.24, 2.45) is 11.8 Å². The lowest BCUT2D eigenvalue weighted by Crippen LogP contribution is -2.22. The number of hydrogen-bond acceptors (Lipinski definition) is 1. The SMILES string of the molecule is CCC1CCC(C(=O)c2cc(I)ccc2Br)CC1. The third-order valence-electron chi connectivity index (χ3n) is 3.99. The second-order valence-electron chi connectivity index (χ2n) is 5.11. The zero-order valence-corrected chi connectivity index (χ0v) is 14.3. The van der Waals surface area contributed by atoms with Crippen molar-refractivity contribution in [1.29, 1.82) is 0 Å². The van der Waals surface area contributed by atoms with Crippen LogP contribution in [0.15, 0.2) is 22.7 Å². The molecule has 0 amide bonds. The molecule has 98 valence electrons. The Kier molecular flexibility index (Phi) is 5.24. The number of halogens is 2. The van der Waals surface area contributed by atoms with Gasteiger partial charge >= 0.3 is 0 Å². The first-order chi connectivity index (χ1) is 8.61. The summed E-state index contributed by atoms with van der Waals surface area (Å²) < 4.78 is 2.06. The number of carbonyl (C=O) groups is 1. The second-order valence-corrected chi connectivity index (χ2v) is 7.21. The average Bonchev–Trinajstić information content (AvgIpc) is 2.41. The van der Waals surface area contributed by atoms with Crippen LogP contribution in [0.25, 0.3) is 0 Å². The maximum Gasteiger partial charge on any atom is 0.167 e. The van der Waals surface area contributed by atoms with Gasteiger partial charge in [0, 0.05) is 19.5 Å². The quantitative estimate of drug-likeness (QED) is 0.469. The summed E-state index contributed by atoms with van der Waals surface area (Å²) in [5.41, 5.74) is 0.863. The van der Waals surface area contributed by atoms with Crippen molar-refractivity contribution < 1.29 is 4.79 Å². The van der Waals surface area contributed by atoms with Crippen LogP contribution in [-0.2, 0) is 0 Å². The number of ketones is 1. The molecule has 1 aromatic carbocycles. The molecule has 0 N–H and O–H groups in total. The predicted octanol–water partition coefficient (Wildman–Crippen LogP) is 5.45. The van der Waals surface area contributed by atoms with Crippen LogP contribution in [0.2, 0.25) is 0 Å². The number of hydrogen-bond donors (Lipinski definition) is 0. The average molecular weight is 421 g/mol. The van der Waals surface area contributed by atoms with E-state index < -0.39 is 0 Å². The number of benzene rings is 1. The standard InChI is InChI=1S/C15H18BrIO/c1-2-10-3-5-11(6-4-10)15(18)13-9-12(17)7-8-14(13)16/h7-11H,2-6H2,1H3. The molecule has 0 saturated heterocycles. The van der Waals surface area contributed by atoms with E-state index in [4.69, 9.17) is 0 Å². The van der Waals surface area contributed by atoms with Crippen LogP contribution >= 0.6 is 38.5 Å². The molecular weight excluding hydrogens is 403 g/mol. The molecule has 1 aliphatic carbocycles. The summed E-state index contributed by atoms with van der Waals surface area (Å²) in [6.45, 7) is 2.25. The Hall–Kier alpha value is 0.1000. The molecule has 0 aromatic heterocycles. The minimum absolute atomic E-state index is 0.238. The zero-order chi connectivity index (χ0) is 13.1. The minimum atomic E-state index is 0.238. The predicted molar refractivity (Wildman–Crippen MR) is 86.9 cm³/mol. The van der Waals surface area contributed by atoms with Gasteiger partial charge in [0.2, 0.25) is 0 Å². The Balaban J connectivity index is 2.10. The summed E-state index contributed by atoms with van der Waals surface area (Å²) in [6.07, 6.45) is 5.82. The summed E-state index contributed by atoms with van der Waals surface area (Å²) in [5, 5.41) is 0. The van der Waals surface area contributed by atoms with Gasteiger partial charge in [0.1, 0.15) is 0 Å². The molecule has 0 bridgehead atoms. The third-order valence-corrected chi connectivity index (χ3v) is 5.35. The topological polar surface area (TPSA) is 17.1 Å². The summed E-state index contributed by atoms with van der Waals surface area (Å²) in [5.74, 6) is 1.41. The molecule has 1 aromatic rings. The summed E-state index contributed by atoms with van der Waals surface area (Å²) in [6, 6.07) is 6.00. The van der Waals surface area contributed by atoms with Crippen molar-refractivity contribution in [1.82, 2.24) is 0 Å². The van der Waals surface area contributed by atoms with E-state index in [0.717, 1.165) is 32.4 Å². The highest BCUT2D eigenvalue weighted by molar-refractivity contribution is 14.1. The van der Waals surface area contributed by atoms with Crippen LogP contribution in [0, 0.1) is 15.4 Å². The van der Waals surface area contributed by atoms with Crippen LogP contribution in [0.5, 0.6) is 0 Å². The molecule has 0 atom stereocenters. The highest BCUT2D eigenvalue weighted by Crippen LogP contribution is 2.34. The summed E-state index contributed by atoms with van der Waals surface area (Å²) in [4.78, 5) is 12.5. The van der Waals surface area contributed by atoms with E-state index in [2.05, 4.69) is 45.4 Å². The molecule has 0 unspecified atom stereocenters. The Labute approximate surface area is 131 Å². The molecule has 18 heavy (non-hydrogen) atoms. The molecule has 2 rings (SSSR count). The summed E-state index contributed by atoms with van der Waals surface area (Å²) in [7, 11) is 0. The van der Waals surface area contributed by atoms with Crippen LogP contribution in [0.3, 0.4) is 0 Å². The van der Waals surface area contributed by atoms with Crippen molar-refractivity contribution in [2.75, 3.05) is 0 Å². The Bertz CT molecular complexity index is 436. The fraction of sp³-hybridized carbons (Fsp3) is 0.533. The molecule has 0 heterocycles. The number of Topliss-reactive ketones (excluding diaryl/α,β-unsaturated/α-hetero) is 1. The van der Waals surface area contributed by atoms with Gasteiger partial charge in [-0.15, -0.1) is 0 Å². The second kappa shape index (κ2) is 6.51. The van der Waals surface area contributed by atoms with E-state index in [1.165, 1.54) is 19.3 Å². The number of carbonyl (C=O) groups excluding carboxylic acids is 1. The molecule has 0 radical (unpaired) electrons. The highest BCUT2D eigenvalue weighted by Gasteiger charge is 2.27. The van der Waals surface area contributed by atoms with Crippen LogP contribution in [-0.4, -0.2) is 5.78 Å². The lowest BCUT2D eigenvalue weighted by atomic mass is 9.78. The molecular formula is C15H18BrIO. The van der Waals surface area contributed by atoms with E-state index >= 15 is 0 Å². The van der Waals surface area contributed by atoms with Crippen molar-refractivity contribution in [3.63, 3.8) is 0 Å². The third kappa shape index (κ3) is 3.35. The summed E-state index contributed by atoms with van der Waals surface area (Å²) >= 11 is 5.76. The fourth-order valence-electron chi connectivity index (χ4n) is 2.74. The van der Waals surface area contributed by atoms with E-state index in [-0.39, 0.29) is 5.92 Å². The molecule has 0 aliphatic heterocycles. The maximum atomic E-state index is 12.5. The smallest absolute Gasteiger partial charge is 0.167 e. The lowest BCUT2D eigenvalue weighted by Gasteiger charge is -2.27. The van der Waals surface area contributed by atoms with Gasteiger partial charge in [-0.25, -0.2) is 0 Å². The largest absolute Gasteiger partial charge is 0.294 e. The van der Waals surface area contributed by atoms with Crippen molar-refractivity contribution in [2.45, 2.75) is 39.0 Å². The monoisotopic (exact) mass is 420 g/mol. The minimum Gasteiger partial charge on any atom is -0.294 e. The van der Waals surface area contributed by atoms with E-state index in [1.807, 2.05) is 18.2 Å². The first kappa shape index (κ1) is 14.5. The van der Waals surface area contributed by atoms with Gasteiger partial charge < -0.3 is 0 Å². The zero-order valence-electron chi connectivity index (χ0n) is 10.6.